The lowest BCUT2D eigenvalue weighted by atomic mass is 9.93. The van der Waals surface area contributed by atoms with Gasteiger partial charge in [0.05, 0.1) is 6.07 Å². The highest BCUT2D eigenvalue weighted by Gasteiger charge is 2.33. The third-order valence-electron chi connectivity index (χ3n) is 4.21. The van der Waals surface area contributed by atoms with E-state index in [9.17, 15) is 10.1 Å². The van der Waals surface area contributed by atoms with Crippen LogP contribution in [-0.2, 0) is 17.6 Å². The van der Waals surface area contributed by atoms with Crippen molar-refractivity contribution in [1.29, 1.82) is 5.26 Å². The predicted octanol–water partition coefficient (Wildman–Crippen LogP) is 2.60. The minimum Gasteiger partial charge on any atom is -0.338 e. The Labute approximate surface area is 114 Å². The fourth-order valence-electron chi connectivity index (χ4n) is 2.69. The van der Waals surface area contributed by atoms with E-state index in [1.807, 2.05) is 26.0 Å². The fourth-order valence-corrected chi connectivity index (χ4v) is 2.69. The van der Waals surface area contributed by atoms with Gasteiger partial charge in [-0.1, -0.05) is 38.1 Å². The molecule has 1 aliphatic rings. The Kier molecular flexibility index (Phi) is 3.90. The molecule has 0 aromatic heterocycles. The molecule has 0 aliphatic heterocycles. The summed E-state index contributed by atoms with van der Waals surface area (Å²) in [5.74, 6) is -0.00956. The number of hydrogen-bond acceptors (Lipinski definition) is 2. The summed E-state index contributed by atoms with van der Waals surface area (Å²) < 4.78 is 0. The number of fused-ring (bicyclic) bond motifs is 1. The molecular weight excluding hydrogens is 236 g/mol. The van der Waals surface area contributed by atoms with Crippen molar-refractivity contribution in [2.75, 3.05) is 0 Å². The van der Waals surface area contributed by atoms with E-state index in [0.29, 0.717) is 12.8 Å². The summed E-state index contributed by atoms with van der Waals surface area (Å²) in [6.07, 6.45) is 2.87. The SMILES string of the molecule is CCC(C#N)(CC)NC(=O)C1Cc2ccccc2C1. The van der Waals surface area contributed by atoms with Crippen molar-refractivity contribution >= 4 is 5.91 Å². The second kappa shape index (κ2) is 5.44. The van der Waals surface area contributed by atoms with Gasteiger partial charge in [-0.3, -0.25) is 4.79 Å². The Balaban J connectivity index is 2.06. The van der Waals surface area contributed by atoms with Crippen molar-refractivity contribution < 1.29 is 4.79 Å². The van der Waals surface area contributed by atoms with E-state index in [1.54, 1.807) is 0 Å². The number of hydrogen-bond donors (Lipinski definition) is 1. The summed E-state index contributed by atoms with van der Waals surface area (Å²) in [4.78, 5) is 12.3. The number of carbonyl (C=O) groups excluding carboxylic acids is 1. The number of amides is 1. The average molecular weight is 256 g/mol. The van der Waals surface area contributed by atoms with Crippen molar-refractivity contribution in [1.82, 2.24) is 5.32 Å². The second-order valence-electron chi connectivity index (χ2n) is 5.26. The maximum atomic E-state index is 12.3. The predicted molar refractivity (Wildman–Crippen MR) is 74.4 cm³/mol. The molecule has 0 atom stereocenters. The highest BCUT2D eigenvalue weighted by Crippen LogP contribution is 2.27. The Morgan fingerprint density at radius 1 is 1.32 bits per heavy atom. The first-order chi connectivity index (χ1) is 9.14. The molecule has 0 bridgehead atoms. The Hall–Kier alpha value is -1.82. The molecule has 100 valence electrons. The van der Waals surface area contributed by atoms with Crippen molar-refractivity contribution in [3.8, 4) is 6.07 Å². The largest absolute Gasteiger partial charge is 0.338 e. The highest BCUT2D eigenvalue weighted by atomic mass is 16.2. The average Bonchev–Trinajstić information content (AvgIpc) is 2.89. The molecular formula is C16H20N2O. The molecule has 1 aromatic rings. The summed E-state index contributed by atoms with van der Waals surface area (Å²) in [5, 5.41) is 12.2. The second-order valence-corrected chi connectivity index (χ2v) is 5.26. The minimum atomic E-state index is -0.703. The lowest BCUT2D eigenvalue weighted by Crippen LogP contribution is -2.48. The summed E-state index contributed by atoms with van der Waals surface area (Å²) in [6.45, 7) is 3.88. The highest BCUT2D eigenvalue weighted by molar-refractivity contribution is 5.81. The number of nitrogens with one attached hydrogen (secondary N) is 1. The quantitative estimate of drug-likeness (QED) is 0.900. The lowest BCUT2D eigenvalue weighted by Gasteiger charge is -2.26. The third kappa shape index (κ3) is 2.63. The van der Waals surface area contributed by atoms with E-state index in [4.69, 9.17) is 0 Å². The molecule has 0 heterocycles. The Bertz CT molecular complexity index is 487. The molecule has 19 heavy (non-hydrogen) atoms. The van der Waals surface area contributed by atoms with Gasteiger partial charge in [0.2, 0.25) is 5.91 Å². The first-order valence-electron chi connectivity index (χ1n) is 6.94. The summed E-state index contributed by atoms with van der Waals surface area (Å²) in [5.41, 5.74) is 1.82. The van der Waals surface area contributed by atoms with Gasteiger partial charge in [0.1, 0.15) is 5.54 Å². The number of carbonyl (C=O) groups is 1. The molecule has 0 radical (unpaired) electrons. The molecule has 0 saturated heterocycles. The van der Waals surface area contributed by atoms with E-state index in [1.165, 1.54) is 11.1 Å². The first kappa shape index (κ1) is 13.6. The molecule has 0 fully saturated rings. The molecule has 3 heteroatoms. The van der Waals surface area contributed by atoms with Crippen molar-refractivity contribution in [3.63, 3.8) is 0 Å². The van der Waals surface area contributed by atoms with E-state index in [0.717, 1.165) is 12.8 Å². The van der Waals surface area contributed by atoms with Crippen LogP contribution in [0.4, 0.5) is 0 Å². The van der Waals surface area contributed by atoms with Crippen LogP contribution in [0.15, 0.2) is 24.3 Å². The van der Waals surface area contributed by atoms with Crippen LogP contribution in [0.1, 0.15) is 37.8 Å². The van der Waals surface area contributed by atoms with Gasteiger partial charge in [0, 0.05) is 5.92 Å². The maximum Gasteiger partial charge on any atom is 0.225 e. The van der Waals surface area contributed by atoms with Gasteiger partial charge in [-0.05, 0) is 36.8 Å². The standard InChI is InChI=1S/C16H20N2O/c1-3-16(4-2,11-17)18-15(19)14-9-12-7-5-6-8-13(12)10-14/h5-8,14H,3-4,9-10H2,1-2H3,(H,18,19). The van der Waals surface area contributed by atoms with Crippen LogP contribution in [0.2, 0.25) is 0 Å². The smallest absolute Gasteiger partial charge is 0.225 e. The normalized spacial score (nSPS) is 14.8. The van der Waals surface area contributed by atoms with Gasteiger partial charge >= 0.3 is 0 Å². The van der Waals surface area contributed by atoms with Gasteiger partial charge in [0.15, 0.2) is 0 Å². The van der Waals surface area contributed by atoms with Gasteiger partial charge in [-0.2, -0.15) is 5.26 Å². The zero-order chi connectivity index (χ0) is 13.9. The van der Waals surface area contributed by atoms with Crippen LogP contribution in [0.3, 0.4) is 0 Å². The van der Waals surface area contributed by atoms with Crippen LogP contribution in [0, 0.1) is 17.2 Å². The summed E-state index contributed by atoms with van der Waals surface area (Å²) in [7, 11) is 0. The fraction of sp³-hybridized carbons (Fsp3) is 0.500. The minimum absolute atomic E-state index is 0.0152. The molecule has 1 aliphatic carbocycles. The third-order valence-corrected chi connectivity index (χ3v) is 4.21. The maximum absolute atomic E-state index is 12.3. The van der Waals surface area contributed by atoms with Crippen LogP contribution in [-0.4, -0.2) is 11.4 Å². The topological polar surface area (TPSA) is 52.9 Å². The van der Waals surface area contributed by atoms with Crippen LogP contribution < -0.4 is 5.32 Å². The monoisotopic (exact) mass is 256 g/mol. The molecule has 1 aromatic carbocycles. The van der Waals surface area contributed by atoms with E-state index >= 15 is 0 Å². The van der Waals surface area contributed by atoms with Crippen molar-refractivity contribution in [2.24, 2.45) is 5.92 Å². The zero-order valence-electron chi connectivity index (χ0n) is 11.6. The molecule has 2 rings (SSSR count). The van der Waals surface area contributed by atoms with Gasteiger partial charge in [0.25, 0.3) is 0 Å². The van der Waals surface area contributed by atoms with Gasteiger partial charge in [-0.15, -0.1) is 0 Å². The Morgan fingerprint density at radius 3 is 2.26 bits per heavy atom. The Morgan fingerprint density at radius 2 is 1.84 bits per heavy atom. The zero-order valence-corrected chi connectivity index (χ0v) is 11.6. The summed E-state index contributed by atoms with van der Waals surface area (Å²) in [6, 6.07) is 10.4. The summed E-state index contributed by atoms with van der Waals surface area (Å²) >= 11 is 0. The van der Waals surface area contributed by atoms with Gasteiger partial charge < -0.3 is 5.32 Å². The molecule has 0 unspecified atom stereocenters. The molecule has 3 nitrogen and oxygen atoms in total. The van der Waals surface area contributed by atoms with Crippen LogP contribution >= 0.6 is 0 Å². The van der Waals surface area contributed by atoms with E-state index < -0.39 is 5.54 Å². The molecule has 1 amide bonds. The van der Waals surface area contributed by atoms with E-state index in [-0.39, 0.29) is 11.8 Å². The van der Waals surface area contributed by atoms with Crippen molar-refractivity contribution in [3.05, 3.63) is 35.4 Å². The van der Waals surface area contributed by atoms with Crippen molar-refractivity contribution in [2.45, 2.75) is 45.1 Å². The first-order valence-corrected chi connectivity index (χ1v) is 6.94. The van der Waals surface area contributed by atoms with Crippen LogP contribution in [0.25, 0.3) is 0 Å². The van der Waals surface area contributed by atoms with E-state index in [2.05, 4.69) is 23.5 Å². The van der Waals surface area contributed by atoms with Gasteiger partial charge in [-0.25, -0.2) is 0 Å². The number of nitriles is 1. The van der Waals surface area contributed by atoms with Crippen LogP contribution in [0.5, 0.6) is 0 Å². The molecule has 0 spiro atoms. The number of nitrogens with zero attached hydrogens (tertiary/aromatic N) is 1. The lowest BCUT2D eigenvalue weighted by molar-refractivity contribution is -0.126. The number of benzene rings is 1. The molecule has 1 N–H and O–H groups in total. The molecule has 0 saturated carbocycles. The number of rotatable bonds is 4.